The average molecular weight is 228 g/mol. The standard InChI is InChI=1S/C8H14.2C3H8.C2H6/c1-5-6(2)8(4)7(5)3;2*1-3-2;1-2/h5-6H,1-4H3;2*3H2,1-2H3;1-2H3. The van der Waals surface area contributed by atoms with Crippen molar-refractivity contribution in [1.29, 1.82) is 0 Å². The van der Waals surface area contributed by atoms with E-state index in [1.807, 2.05) is 13.8 Å². The third kappa shape index (κ3) is 9.00. The first-order valence-electron chi connectivity index (χ1n) is 7.14. The zero-order chi connectivity index (χ0) is 13.7. The van der Waals surface area contributed by atoms with Crippen molar-refractivity contribution in [2.75, 3.05) is 0 Å². The molecule has 2 unspecified atom stereocenters. The summed E-state index contributed by atoms with van der Waals surface area (Å²) in [6, 6.07) is 0. The third-order valence-corrected chi connectivity index (χ3v) is 2.74. The van der Waals surface area contributed by atoms with Crippen molar-refractivity contribution in [2.45, 2.75) is 82.1 Å². The fourth-order valence-corrected chi connectivity index (χ4v) is 1.37. The van der Waals surface area contributed by atoms with Gasteiger partial charge in [0.15, 0.2) is 0 Å². The Balaban J connectivity index is -0.000000179. The summed E-state index contributed by atoms with van der Waals surface area (Å²) in [4.78, 5) is 0. The molecule has 0 spiro atoms. The lowest BCUT2D eigenvalue weighted by Gasteiger charge is -2.34. The minimum absolute atomic E-state index is 0.856. The van der Waals surface area contributed by atoms with Gasteiger partial charge in [0.2, 0.25) is 0 Å². The van der Waals surface area contributed by atoms with Gasteiger partial charge >= 0.3 is 0 Å². The van der Waals surface area contributed by atoms with Gasteiger partial charge < -0.3 is 0 Å². The summed E-state index contributed by atoms with van der Waals surface area (Å²) in [5.74, 6) is 1.71. The third-order valence-electron chi connectivity index (χ3n) is 2.74. The molecule has 0 aromatic carbocycles. The van der Waals surface area contributed by atoms with E-state index in [-0.39, 0.29) is 0 Å². The van der Waals surface area contributed by atoms with Gasteiger partial charge in [-0.3, -0.25) is 0 Å². The van der Waals surface area contributed by atoms with Gasteiger partial charge in [-0.1, -0.05) is 79.4 Å². The molecule has 1 aliphatic carbocycles. The Morgan fingerprint density at radius 3 is 0.875 bits per heavy atom. The van der Waals surface area contributed by atoms with Crippen LogP contribution in [0.4, 0.5) is 0 Å². The molecule has 0 N–H and O–H groups in total. The van der Waals surface area contributed by atoms with Crippen LogP contribution in [0.3, 0.4) is 0 Å². The maximum absolute atomic E-state index is 2.30. The molecule has 0 heteroatoms. The second kappa shape index (κ2) is 14.7. The first-order chi connectivity index (χ1) is 7.47. The van der Waals surface area contributed by atoms with Crippen molar-refractivity contribution in [2.24, 2.45) is 11.8 Å². The summed E-state index contributed by atoms with van der Waals surface area (Å²) >= 11 is 0. The molecule has 2 atom stereocenters. The quantitative estimate of drug-likeness (QED) is 0.417. The molecule has 0 fully saturated rings. The lowest BCUT2D eigenvalue weighted by Crippen LogP contribution is -2.22. The Morgan fingerprint density at radius 2 is 0.812 bits per heavy atom. The lowest BCUT2D eigenvalue weighted by atomic mass is 9.71. The van der Waals surface area contributed by atoms with E-state index in [2.05, 4.69) is 55.4 Å². The Morgan fingerprint density at radius 1 is 0.688 bits per heavy atom. The molecule has 16 heavy (non-hydrogen) atoms. The van der Waals surface area contributed by atoms with E-state index in [0.717, 1.165) is 11.8 Å². The Bertz CT molecular complexity index is 135. The Labute approximate surface area is 106 Å². The molecule has 0 nitrogen and oxygen atoms in total. The Hall–Kier alpha value is -0.260. The predicted molar refractivity (Wildman–Crippen MR) is 80.0 cm³/mol. The second-order valence-corrected chi connectivity index (χ2v) is 4.36. The van der Waals surface area contributed by atoms with Crippen LogP contribution in [0, 0.1) is 11.8 Å². The van der Waals surface area contributed by atoms with E-state index in [9.17, 15) is 0 Å². The van der Waals surface area contributed by atoms with Crippen molar-refractivity contribution >= 4 is 0 Å². The van der Waals surface area contributed by atoms with Gasteiger partial charge in [0.05, 0.1) is 0 Å². The van der Waals surface area contributed by atoms with Gasteiger partial charge in [0.1, 0.15) is 0 Å². The van der Waals surface area contributed by atoms with Crippen LogP contribution in [0.15, 0.2) is 11.1 Å². The summed E-state index contributed by atoms with van der Waals surface area (Å²) in [7, 11) is 0. The van der Waals surface area contributed by atoms with Crippen LogP contribution >= 0.6 is 0 Å². The molecular formula is C16H36. The molecule has 1 rings (SSSR count). The highest BCUT2D eigenvalue weighted by Crippen LogP contribution is 2.38. The number of hydrogen-bond acceptors (Lipinski definition) is 0. The monoisotopic (exact) mass is 228 g/mol. The fraction of sp³-hybridized carbons (Fsp3) is 0.875. The zero-order valence-electron chi connectivity index (χ0n) is 13.6. The summed E-state index contributed by atoms with van der Waals surface area (Å²) in [6.07, 6.45) is 2.50. The van der Waals surface area contributed by atoms with Crippen molar-refractivity contribution in [1.82, 2.24) is 0 Å². The van der Waals surface area contributed by atoms with E-state index in [1.54, 1.807) is 11.1 Å². The van der Waals surface area contributed by atoms with Crippen molar-refractivity contribution in [3.8, 4) is 0 Å². The highest BCUT2D eigenvalue weighted by Gasteiger charge is 2.26. The molecule has 1 aliphatic rings. The Kier molecular flexibility index (Phi) is 19.4. The molecule has 100 valence electrons. The highest BCUT2D eigenvalue weighted by molar-refractivity contribution is 5.27. The molecule has 0 aromatic rings. The van der Waals surface area contributed by atoms with Crippen LogP contribution in [0.5, 0.6) is 0 Å². The summed E-state index contributed by atoms with van der Waals surface area (Å²) < 4.78 is 0. The summed E-state index contributed by atoms with van der Waals surface area (Å²) in [5, 5.41) is 0. The largest absolute Gasteiger partial charge is 0.0707 e. The normalized spacial score (nSPS) is 21.4. The van der Waals surface area contributed by atoms with Crippen molar-refractivity contribution in [3.05, 3.63) is 11.1 Å². The smallest absolute Gasteiger partial charge is 0.0169 e. The minimum atomic E-state index is 0.856. The van der Waals surface area contributed by atoms with Gasteiger partial charge in [0, 0.05) is 0 Å². The van der Waals surface area contributed by atoms with Crippen LogP contribution in [0.25, 0.3) is 0 Å². The molecular weight excluding hydrogens is 192 g/mol. The van der Waals surface area contributed by atoms with Crippen LogP contribution < -0.4 is 0 Å². The first-order valence-corrected chi connectivity index (χ1v) is 7.14. The highest BCUT2D eigenvalue weighted by atomic mass is 14.3. The average Bonchev–Trinajstić information content (AvgIpc) is 2.31. The maximum atomic E-state index is 2.30. The molecule has 0 saturated carbocycles. The van der Waals surface area contributed by atoms with Gasteiger partial charge in [0.25, 0.3) is 0 Å². The molecule has 0 bridgehead atoms. The van der Waals surface area contributed by atoms with Crippen LogP contribution in [0.1, 0.15) is 82.1 Å². The van der Waals surface area contributed by atoms with E-state index in [4.69, 9.17) is 0 Å². The fourth-order valence-electron chi connectivity index (χ4n) is 1.37. The molecule has 0 aromatic heterocycles. The topological polar surface area (TPSA) is 0 Å². The van der Waals surface area contributed by atoms with Crippen molar-refractivity contribution in [3.63, 3.8) is 0 Å². The van der Waals surface area contributed by atoms with Gasteiger partial charge in [-0.15, -0.1) is 0 Å². The van der Waals surface area contributed by atoms with Crippen LogP contribution in [0.2, 0.25) is 0 Å². The van der Waals surface area contributed by atoms with E-state index < -0.39 is 0 Å². The minimum Gasteiger partial charge on any atom is -0.0707 e. The molecule has 0 saturated heterocycles. The van der Waals surface area contributed by atoms with E-state index >= 15 is 0 Å². The van der Waals surface area contributed by atoms with Gasteiger partial charge in [-0.25, -0.2) is 0 Å². The van der Waals surface area contributed by atoms with E-state index in [0.29, 0.717) is 0 Å². The number of allylic oxidation sites excluding steroid dienone is 2. The van der Waals surface area contributed by atoms with Gasteiger partial charge in [-0.05, 0) is 25.7 Å². The first kappa shape index (κ1) is 21.1. The van der Waals surface area contributed by atoms with Gasteiger partial charge in [-0.2, -0.15) is 0 Å². The van der Waals surface area contributed by atoms with E-state index in [1.165, 1.54) is 12.8 Å². The molecule has 0 radical (unpaired) electrons. The molecule has 0 aliphatic heterocycles. The zero-order valence-corrected chi connectivity index (χ0v) is 13.6. The number of rotatable bonds is 0. The van der Waals surface area contributed by atoms with Crippen LogP contribution in [-0.4, -0.2) is 0 Å². The molecule has 0 amide bonds. The predicted octanol–water partition coefficient (Wildman–Crippen LogP) is 6.47. The number of hydrogen-bond donors (Lipinski definition) is 0. The van der Waals surface area contributed by atoms with Crippen LogP contribution in [-0.2, 0) is 0 Å². The molecule has 0 heterocycles. The van der Waals surface area contributed by atoms with Crippen molar-refractivity contribution < 1.29 is 0 Å². The lowest BCUT2D eigenvalue weighted by molar-refractivity contribution is 0.426. The SMILES string of the molecule is CC.CC1=C(C)C(C)C1C.CCC.CCC. The second-order valence-electron chi connectivity index (χ2n) is 4.36. The summed E-state index contributed by atoms with van der Waals surface area (Å²) in [5.41, 5.74) is 3.22. The maximum Gasteiger partial charge on any atom is -0.0169 e. The summed E-state index contributed by atoms with van der Waals surface area (Å²) in [6.45, 7) is 21.6.